The normalized spacial score (nSPS) is 10.7. The molecule has 0 unspecified atom stereocenters. The fraction of sp³-hybridized carbons (Fsp3) is 0.214. The molecule has 4 rings (SSSR count). The Labute approximate surface area is 199 Å². The summed E-state index contributed by atoms with van der Waals surface area (Å²) in [6.07, 6.45) is 1.14. The molecule has 0 saturated heterocycles. The van der Waals surface area contributed by atoms with E-state index in [1.54, 1.807) is 11.3 Å². The average Bonchev–Trinajstić information content (AvgIpc) is 3.33. The van der Waals surface area contributed by atoms with Crippen molar-refractivity contribution in [3.8, 4) is 27.6 Å². The number of amides is 1. The number of benzene rings is 3. The first-order chi connectivity index (χ1) is 16.1. The molecular formula is C28H28N2O2S. The number of ether oxygens (including phenoxy) is 1. The second-order valence-electron chi connectivity index (χ2n) is 8.05. The first-order valence-electron chi connectivity index (χ1n) is 11.2. The van der Waals surface area contributed by atoms with Crippen LogP contribution in [0.4, 0.5) is 0 Å². The maximum absolute atomic E-state index is 12.2. The molecule has 4 nitrogen and oxygen atoms in total. The van der Waals surface area contributed by atoms with Gasteiger partial charge in [0.2, 0.25) is 5.91 Å². The van der Waals surface area contributed by atoms with Crippen molar-refractivity contribution in [3.05, 3.63) is 94.9 Å². The number of aryl methyl sites for hydroxylation is 2. The molecule has 33 heavy (non-hydrogen) atoms. The van der Waals surface area contributed by atoms with Gasteiger partial charge in [-0.1, -0.05) is 72.8 Å². The van der Waals surface area contributed by atoms with Gasteiger partial charge in [0.25, 0.3) is 0 Å². The molecule has 0 aliphatic heterocycles. The molecule has 1 N–H and O–H groups in total. The average molecular weight is 457 g/mol. The van der Waals surface area contributed by atoms with Crippen molar-refractivity contribution >= 4 is 17.2 Å². The zero-order valence-corrected chi connectivity index (χ0v) is 19.8. The Hall–Kier alpha value is -3.44. The summed E-state index contributed by atoms with van der Waals surface area (Å²) in [7, 11) is 0. The van der Waals surface area contributed by atoms with Crippen LogP contribution < -0.4 is 10.1 Å². The van der Waals surface area contributed by atoms with Gasteiger partial charge in [0.1, 0.15) is 10.8 Å². The molecule has 0 aliphatic rings. The van der Waals surface area contributed by atoms with Crippen LogP contribution in [0.3, 0.4) is 0 Å². The molecule has 168 valence electrons. The van der Waals surface area contributed by atoms with Crippen LogP contribution in [0, 0.1) is 13.8 Å². The summed E-state index contributed by atoms with van der Waals surface area (Å²) in [5.74, 6) is 0.964. The number of aromatic nitrogens is 1. The summed E-state index contributed by atoms with van der Waals surface area (Å²) < 4.78 is 5.88. The van der Waals surface area contributed by atoms with Crippen molar-refractivity contribution in [1.29, 1.82) is 0 Å². The molecule has 1 heterocycles. The number of nitrogens with one attached hydrogen (secondary N) is 1. The molecule has 0 atom stereocenters. The molecule has 0 saturated carbocycles. The number of rotatable bonds is 9. The number of thiazole rings is 1. The number of hydrogen-bond donors (Lipinski definition) is 1. The monoisotopic (exact) mass is 456 g/mol. The second kappa shape index (κ2) is 10.9. The summed E-state index contributed by atoms with van der Waals surface area (Å²) in [5, 5.41) is 6.08. The zero-order chi connectivity index (χ0) is 23.0. The van der Waals surface area contributed by atoms with E-state index < -0.39 is 0 Å². The van der Waals surface area contributed by atoms with Crippen LogP contribution in [0.1, 0.15) is 29.5 Å². The van der Waals surface area contributed by atoms with Gasteiger partial charge in [-0.2, -0.15) is 0 Å². The van der Waals surface area contributed by atoms with Crippen LogP contribution in [0.15, 0.2) is 78.2 Å². The first-order valence-corrected chi connectivity index (χ1v) is 12.0. The molecular weight excluding hydrogens is 428 g/mol. The van der Waals surface area contributed by atoms with Gasteiger partial charge in [0.15, 0.2) is 0 Å². The fourth-order valence-electron chi connectivity index (χ4n) is 3.64. The SMILES string of the molecule is Cc1cccc(C)c1OCCCC(=O)NCc1ccc(-c2nc(-c3ccccc3)cs2)cc1. The van der Waals surface area contributed by atoms with E-state index in [2.05, 4.69) is 35.0 Å². The Morgan fingerprint density at radius 2 is 1.64 bits per heavy atom. The van der Waals surface area contributed by atoms with Gasteiger partial charge < -0.3 is 10.1 Å². The number of hydrogen-bond acceptors (Lipinski definition) is 4. The minimum atomic E-state index is 0.0385. The minimum absolute atomic E-state index is 0.0385. The van der Waals surface area contributed by atoms with E-state index in [9.17, 15) is 4.79 Å². The fourth-order valence-corrected chi connectivity index (χ4v) is 4.47. The summed E-state index contributed by atoms with van der Waals surface area (Å²) in [6, 6.07) is 24.5. The molecule has 0 bridgehead atoms. The van der Waals surface area contributed by atoms with Crippen LogP contribution >= 0.6 is 11.3 Å². The second-order valence-corrected chi connectivity index (χ2v) is 8.91. The van der Waals surface area contributed by atoms with Gasteiger partial charge in [-0.05, 0) is 37.0 Å². The largest absolute Gasteiger partial charge is 0.493 e. The summed E-state index contributed by atoms with van der Waals surface area (Å²) in [5.41, 5.74) is 6.51. The topological polar surface area (TPSA) is 51.2 Å². The van der Waals surface area contributed by atoms with Crippen molar-refractivity contribution in [1.82, 2.24) is 10.3 Å². The highest BCUT2D eigenvalue weighted by molar-refractivity contribution is 7.13. The van der Waals surface area contributed by atoms with Crippen LogP contribution in [-0.2, 0) is 11.3 Å². The molecule has 0 spiro atoms. The van der Waals surface area contributed by atoms with Crippen LogP contribution in [-0.4, -0.2) is 17.5 Å². The molecule has 5 heteroatoms. The quantitative estimate of drug-likeness (QED) is 0.290. The van der Waals surface area contributed by atoms with E-state index in [0.29, 0.717) is 26.0 Å². The van der Waals surface area contributed by atoms with Crippen molar-refractivity contribution in [2.24, 2.45) is 0 Å². The molecule has 3 aromatic carbocycles. The molecule has 0 fully saturated rings. The van der Waals surface area contributed by atoms with E-state index in [-0.39, 0.29) is 5.91 Å². The molecule has 1 amide bonds. The lowest BCUT2D eigenvalue weighted by Gasteiger charge is -2.12. The van der Waals surface area contributed by atoms with Gasteiger partial charge >= 0.3 is 0 Å². The van der Waals surface area contributed by atoms with Crippen LogP contribution in [0.2, 0.25) is 0 Å². The smallest absolute Gasteiger partial charge is 0.220 e. The standard InChI is InChI=1S/C28H28N2O2S/c1-20-8-6-9-21(2)27(20)32-17-7-12-26(31)29-18-22-13-15-24(16-14-22)28-30-25(19-33-28)23-10-4-3-5-11-23/h3-6,8-11,13-16,19H,7,12,17-18H2,1-2H3,(H,29,31). The van der Waals surface area contributed by atoms with Gasteiger partial charge in [-0.15, -0.1) is 11.3 Å². The third-order valence-electron chi connectivity index (χ3n) is 5.47. The Kier molecular flexibility index (Phi) is 7.53. The van der Waals surface area contributed by atoms with E-state index in [1.807, 2.05) is 62.4 Å². The number of carbonyl (C=O) groups is 1. The van der Waals surface area contributed by atoms with E-state index in [0.717, 1.165) is 44.3 Å². The predicted molar refractivity (Wildman–Crippen MR) is 135 cm³/mol. The van der Waals surface area contributed by atoms with Crippen molar-refractivity contribution in [2.75, 3.05) is 6.61 Å². The summed E-state index contributed by atoms with van der Waals surface area (Å²) >= 11 is 1.64. The highest BCUT2D eigenvalue weighted by Crippen LogP contribution is 2.29. The Balaban J connectivity index is 1.22. The van der Waals surface area contributed by atoms with Gasteiger partial charge in [0, 0.05) is 29.5 Å². The third-order valence-corrected chi connectivity index (χ3v) is 6.36. The van der Waals surface area contributed by atoms with Crippen molar-refractivity contribution in [2.45, 2.75) is 33.2 Å². The molecule has 4 aromatic rings. The van der Waals surface area contributed by atoms with Gasteiger partial charge in [-0.3, -0.25) is 4.79 Å². The zero-order valence-electron chi connectivity index (χ0n) is 19.0. The van der Waals surface area contributed by atoms with E-state index >= 15 is 0 Å². The Morgan fingerprint density at radius 3 is 2.36 bits per heavy atom. The highest BCUT2D eigenvalue weighted by Gasteiger charge is 2.08. The molecule has 0 radical (unpaired) electrons. The lowest BCUT2D eigenvalue weighted by atomic mass is 10.1. The van der Waals surface area contributed by atoms with Crippen molar-refractivity contribution < 1.29 is 9.53 Å². The van der Waals surface area contributed by atoms with Gasteiger partial charge in [0.05, 0.1) is 12.3 Å². The molecule has 0 aliphatic carbocycles. The Bertz CT molecular complexity index is 1180. The summed E-state index contributed by atoms with van der Waals surface area (Å²) in [6.45, 7) is 5.13. The van der Waals surface area contributed by atoms with Crippen LogP contribution in [0.5, 0.6) is 5.75 Å². The van der Waals surface area contributed by atoms with E-state index in [1.165, 1.54) is 0 Å². The Morgan fingerprint density at radius 1 is 0.909 bits per heavy atom. The lowest BCUT2D eigenvalue weighted by molar-refractivity contribution is -0.121. The lowest BCUT2D eigenvalue weighted by Crippen LogP contribution is -2.23. The third kappa shape index (κ3) is 6.08. The highest BCUT2D eigenvalue weighted by atomic mass is 32.1. The first kappa shape index (κ1) is 22.7. The summed E-state index contributed by atoms with van der Waals surface area (Å²) in [4.78, 5) is 17.0. The van der Waals surface area contributed by atoms with E-state index in [4.69, 9.17) is 9.72 Å². The minimum Gasteiger partial charge on any atom is -0.493 e. The number of para-hydroxylation sites is 1. The predicted octanol–water partition coefficient (Wildman–Crippen LogP) is 6.57. The maximum Gasteiger partial charge on any atom is 0.220 e. The number of carbonyl (C=O) groups excluding carboxylic acids is 1. The number of nitrogens with zero attached hydrogens (tertiary/aromatic N) is 1. The maximum atomic E-state index is 12.2. The van der Waals surface area contributed by atoms with Gasteiger partial charge in [-0.25, -0.2) is 4.98 Å². The molecule has 1 aromatic heterocycles. The van der Waals surface area contributed by atoms with Crippen LogP contribution in [0.25, 0.3) is 21.8 Å². The van der Waals surface area contributed by atoms with Crippen molar-refractivity contribution in [3.63, 3.8) is 0 Å².